The van der Waals surface area contributed by atoms with Gasteiger partial charge in [0, 0.05) is 11.1 Å². The predicted octanol–water partition coefficient (Wildman–Crippen LogP) is 3.05. The van der Waals surface area contributed by atoms with E-state index in [1.54, 1.807) is 37.3 Å². The van der Waals surface area contributed by atoms with E-state index >= 15 is 0 Å². The van der Waals surface area contributed by atoms with Gasteiger partial charge in [-0.2, -0.15) is 0 Å². The summed E-state index contributed by atoms with van der Waals surface area (Å²) in [6.45, 7) is 1.91. The number of ether oxygens (including phenoxy) is 1. The molecular formula is C15H15ClN2O4S. The number of amides is 1. The van der Waals surface area contributed by atoms with Gasteiger partial charge in [0.1, 0.15) is 12.4 Å². The van der Waals surface area contributed by atoms with Crippen LogP contribution in [-0.4, -0.2) is 28.5 Å². The third kappa shape index (κ3) is 6.33. The zero-order valence-corrected chi connectivity index (χ0v) is 13.9. The Balaban J connectivity index is 1.62. The van der Waals surface area contributed by atoms with E-state index in [-0.39, 0.29) is 30.0 Å². The molecule has 1 N–H and O–H groups in total. The molecule has 1 heterocycles. The number of aromatic nitrogens is 1. The lowest BCUT2D eigenvalue weighted by atomic mass is 10.2. The minimum atomic E-state index is -0.380. The van der Waals surface area contributed by atoms with Crippen LogP contribution in [0.5, 0.6) is 0 Å². The van der Waals surface area contributed by atoms with E-state index in [0.29, 0.717) is 16.6 Å². The van der Waals surface area contributed by atoms with Crippen molar-refractivity contribution in [1.82, 2.24) is 5.16 Å². The maximum absolute atomic E-state index is 11.6. The molecule has 0 saturated carbocycles. The van der Waals surface area contributed by atoms with Crippen LogP contribution in [0.2, 0.25) is 5.02 Å². The van der Waals surface area contributed by atoms with Crippen LogP contribution >= 0.6 is 23.4 Å². The zero-order chi connectivity index (χ0) is 16.7. The lowest BCUT2D eigenvalue weighted by Crippen LogP contribution is -2.16. The number of esters is 1. The molecule has 8 heteroatoms. The number of carbonyl (C=O) groups is 2. The lowest BCUT2D eigenvalue weighted by molar-refractivity contribution is -0.141. The number of hydrogen-bond acceptors (Lipinski definition) is 6. The lowest BCUT2D eigenvalue weighted by Gasteiger charge is -2.05. The second-order valence-corrected chi connectivity index (χ2v) is 6.07. The van der Waals surface area contributed by atoms with Crippen molar-refractivity contribution in [3.05, 3.63) is 46.7 Å². The SMILES string of the molecule is Cc1cc(NC(=O)CSCC(=O)OCc2ccc(Cl)cc2)no1. The van der Waals surface area contributed by atoms with Crippen LogP contribution in [0.1, 0.15) is 11.3 Å². The van der Waals surface area contributed by atoms with Crippen molar-refractivity contribution in [2.75, 3.05) is 16.8 Å². The van der Waals surface area contributed by atoms with Crippen molar-refractivity contribution in [2.45, 2.75) is 13.5 Å². The smallest absolute Gasteiger partial charge is 0.316 e. The average Bonchev–Trinajstić information content (AvgIpc) is 2.91. The fraction of sp³-hybridized carbons (Fsp3) is 0.267. The van der Waals surface area contributed by atoms with Crippen molar-refractivity contribution in [3.63, 3.8) is 0 Å². The van der Waals surface area contributed by atoms with E-state index < -0.39 is 0 Å². The molecule has 0 radical (unpaired) electrons. The van der Waals surface area contributed by atoms with E-state index in [2.05, 4.69) is 10.5 Å². The zero-order valence-electron chi connectivity index (χ0n) is 12.4. The molecule has 23 heavy (non-hydrogen) atoms. The standard InChI is InChI=1S/C15H15ClN2O4S/c1-10-6-13(18-22-10)17-14(19)8-23-9-15(20)21-7-11-2-4-12(16)5-3-11/h2-6H,7-9H2,1H3,(H,17,18,19). The summed E-state index contributed by atoms with van der Waals surface area (Å²) in [6.07, 6.45) is 0. The number of nitrogens with zero attached hydrogens (tertiary/aromatic N) is 1. The van der Waals surface area contributed by atoms with Gasteiger partial charge in [-0.1, -0.05) is 28.9 Å². The van der Waals surface area contributed by atoms with Gasteiger partial charge in [-0.25, -0.2) is 0 Å². The van der Waals surface area contributed by atoms with Gasteiger partial charge in [0.2, 0.25) is 5.91 Å². The predicted molar refractivity (Wildman–Crippen MR) is 88.4 cm³/mol. The number of anilines is 1. The highest BCUT2D eigenvalue weighted by Gasteiger charge is 2.09. The number of nitrogens with one attached hydrogen (secondary N) is 1. The van der Waals surface area contributed by atoms with Gasteiger partial charge in [-0.3, -0.25) is 9.59 Å². The molecule has 0 spiro atoms. The summed E-state index contributed by atoms with van der Waals surface area (Å²) in [5.41, 5.74) is 0.854. The molecule has 0 unspecified atom stereocenters. The quantitative estimate of drug-likeness (QED) is 0.769. The van der Waals surface area contributed by atoms with Crippen LogP contribution in [0.25, 0.3) is 0 Å². The first-order chi connectivity index (χ1) is 11.0. The summed E-state index contributed by atoms with van der Waals surface area (Å²) >= 11 is 6.94. The first-order valence-electron chi connectivity index (χ1n) is 6.74. The molecule has 1 aromatic carbocycles. The second kappa shape index (κ2) is 8.59. The molecule has 0 aliphatic rings. The Labute approximate surface area is 142 Å². The van der Waals surface area contributed by atoms with E-state index in [9.17, 15) is 9.59 Å². The second-order valence-electron chi connectivity index (χ2n) is 4.65. The largest absolute Gasteiger partial charge is 0.460 e. The summed E-state index contributed by atoms with van der Waals surface area (Å²) in [4.78, 5) is 23.2. The van der Waals surface area contributed by atoms with E-state index in [4.69, 9.17) is 20.9 Å². The van der Waals surface area contributed by atoms with Crippen LogP contribution in [-0.2, 0) is 20.9 Å². The first-order valence-corrected chi connectivity index (χ1v) is 8.27. The summed E-state index contributed by atoms with van der Waals surface area (Å²) in [6, 6.07) is 8.65. The molecule has 2 rings (SSSR count). The number of carbonyl (C=O) groups excluding carboxylic acids is 2. The number of benzene rings is 1. The average molecular weight is 355 g/mol. The third-order valence-electron chi connectivity index (χ3n) is 2.66. The minimum Gasteiger partial charge on any atom is -0.460 e. The summed E-state index contributed by atoms with van der Waals surface area (Å²) in [7, 11) is 0. The third-order valence-corrected chi connectivity index (χ3v) is 3.82. The van der Waals surface area contributed by atoms with Crippen molar-refractivity contribution in [3.8, 4) is 0 Å². The van der Waals surface area contributed by atoms with Crippen molar-refractivity contribution >= 4 is 41.1 Å². The fourth-order valence-corrected chi connectivity index (χ4v) is 2.35. The summed E-state index contributed by atoms with van der Waals surface area (Å²) < 4.78 is 9.94. The maximum atomic E-state index is 11.6. The Kier molecular flexibility index (Phi) is 6.49. The molecule has 0 aliphatic heterocycles. The van der Waals surface area contributed by atoms with Gasteiger partial charge in [-0.15, -0.1) is 11.8 Å². The molecule has 1 aromatic heterocycles. The maximum Gasteiger partial charge on any atom is 0.316 e. The number of aryl methyl sites for hydroxylation is 1. The molecule has 1 amide bonds. The number of halogens is 1. The molecule has 0 aliphatic carbocycles. The number of rotatable bonds is 7. The number of hydrogen-bond donors (Lipinski definition) is 1. The molecule has 0 saturated heterocycles. The molecule has 0 fully saturated rings. The highest BCUT2D eigenvalue weighted by molar-refractivity contribution is 8.00. The molecule has 2 aromatic rings. The van der Waals surface area contributed by atoms with Crippen molar-refractivity contribution in [1.29, 1.82) is 0 Å². The summed E-state index contributed by atoms with van der Waals surface area (Å²) in [5.74, 6) is 0.557. The topological polar surface area (TPSA) is 81.4 Å². The normalized spacial score (nSPS) is 10.3. The van der Waals surface area contributed by atoms with Crippen LogP contribution in [0, 0.1) is 6.92 Å². The molecule has 122 valence electrons. The van der Waals surface area contributed by atoms with E-state index in [1.807, 2.05) is 0 Å². The Hall–Kier alpha value is -1.99. The molecular weight excluding hydrogens is 340 g/mol. The summed E-state index contributed by atoms with van der Waals surface area (Å²) in [5, 5.41) is 6.85. The molecule has 6 nitrogen and oxygen atoms in total. The van der Waals surface area contributed by atoms with Crippen LogP contribution in [0.4, 0.5) is 5.82 Å². The monoisotopic (exact) mass is 354 g/mol. The minimum absolute atomic E-state index is 0.0961. The van der Waals surface area contributed by atoms with Gasteiger partial charge < -0.3 is 14.6 Å². The van der Waals surface area contributed by atoms with Gasteiger partial charge >= 0.3 is 5.97 Å². The van der Waals surface area contributed by atoms with Gasteiger partial charge in [0.15, 0.2) is 5.82 Å². The van der Waals surface area contributed by atoms with Gasteiger partial charge in [0.25, 0.3) is 0 Å². The van der Waals surface area contributed by atoms with Crippen LogP contribution in [0.15, 0.2) is 34.9 Å². The van der Waals surface area contributed by atoms with Crippen molar-refractivity contribution < 1.29 is 18.8 Å². The Bertz CT molecular complexity index is 672. The highest BCUT2D eigenvalue weighted by Crippen LogP contribution is 2.11. The van der Waals surface area contributed by atoms with Crippen LogP contribution in [0.3, 0.4) is 0 Å². The highest BCUT2D eigenvalue weighted by atomic mass is 35.5. The Morgan fingerprint density at radius 3 is 2.70 bits per heavy atom. The Morgan fingerprint density at radius 2 is 2.04 bits per heavy atom. The first kappa shape index (κ1) is 17.4. The van der Waals surface area contributed by atoms with Gasteiger partial charge in [0.05, 0.1) is 11.5 Å². The molecule has 0 bridgehead atoms. The molecule has 0 atom stereocenters. The fourth-order valence-electron chi connectivity index (χ4n) is 1.62. The van der Waals surface area contributed by atoms with Gasteiger partial charge in [-0.05, 0) is 24.6 Å². The van der Waals surface area contributed by atoms with Crippen LogP contribution < -0.4 is 5.32 Å². The van der Waals surface area contributed by atoms with E-state index in [0.717, 1.165) is 5.56 Å². The van der Waals surface area contributed by atoms with Crippen molar-refractivity contribution in [2.24, 2.45) is 0 Å². The Morgan fingerprint density at radius 1 is 1.30 bits per heavy atom. The van der Waals surface area contributed by atoms with E-state index in [1.165, 1.54) is 11.8 Å². The number of thioether (sulfide) groups is 1.